The highest BCUT2D eigenvalue weighted by Gasteiger charge is 2.16. The van der Waals surface area contributed by atoms with Crippen LogP contribution in [0, 0.1) is 0 Å². The molecule has 0 bridgehead atoms. The Hall–Kier alpha value is -2.96. The number of carbonyl (C=O) groups is 2. The summed E-state index contributed by atoms with van der Waals surface area (Å²) >= 11 is 0. The molecule has 0 spiro atoms. The molecule has 7 nitrogen and oxygen atoms in total. The van der Waals surface area contributed by atoms with Gasteiger partial charge in [0.05, 0.1) is 14.2 Å². The molecule has 7 heteroatoms. The summed E-state index contributed by atoms with van der Waals surface area (Å²) in [6, 6.07) is 7.13. The second-order valence-electron chi connectivity index (χ2n) is 4.22. The fourth-order valence-electron chi connectivity index (χ4n) is 1.69. The number of phenols is 1. The van der Waals surface area contributed by atoms with Gasteiger partial charge in [0, 0.05) is 6.07 Å². The minimum atomic E-state index is -0.726. The smallest absolute Gasteiger partial charge is 0.373 e. The van der Waals surface area contributed by atoms with E-state index >= 15 is 0 Å². The summed E-state index contributed by atoms with van der Waals surface area (Å²) in [5.41, 5.74) is 0.000507. The number of furan rings is 1. The molecule has 0 aliphatic heterocycles. The van der Waals surface area contributed by atoms with Gasteiger partial charge >= 0.3 is 11.9 Å². The first kappa shape index (κ1) is 15.4. The first-order valence-electron chi connectivity index (χ1n) is 6.26. The molecule has 0 atom stereocenters. The SMILES string of the molecule is COC(=O)c1ccc(COC(=O)c2ccc(OC)cc2O)o1. The van der Waals surface area contributed by atoms with Crippen molar-refractivity contribution < 1.29 is 33.3 Å². The lowest BCUT2D eigenvalue weighted by molar-refractivity contribution is 0.0435. The number of hydrogen-bond donors (Lipinski definition) is 1. The minimum Gasteiger partial charge on any atom is -0.507 e. The molecule has 1 N–H and O–H groups in total. The van der Waals surface area contributed by atoms with Gasteiger partial charge in [-0.15, -0.1) is 0 Å². The Morgan fingerprint density at radius 1 is 1.14 bits per heavy atom. The average molecular weight is 306 g/mol. The van der Waals surface area contributed by atoms with Gasteiger partial charge in [-0.1, -0.05) is 0 Å². The van der Waals surface area contributed by atoms with Gasteiger partial charge in [-0.25, -0.2) is 9.59 Å². The summed E-state index contributed by atoms with van der Waals surface area (Å²) in [4.78, 5) is 23.1. The second kappa shape index (κ2) is 6.66. The van der Waals surface area contributed by atoms with Gasteiger partial charge in [0.2, 0.25) is 5.76 Å². The summed E-state index contributed by atoms with van der Waals surface area (Å²) in [5.74, 6) is -0.883. The maximum absolute atomic E-state index is 11.9. The molecule has 0 saturated heterocycles. The summed E-state index contributed by atoms with van der Waals surface area (Å²) in [6.45, 7) is -0.179. The van der Waals surface area contributed by atoms with E-state index in [1.807, 2.05) is 0 Å². The topological polar surface area (TPSA) is 95.2 Å². The van der Waals surface area contributed by atoms with Crippen LogP contribution in [0.1, 0.15) is 26.7 Å². The van der Waals surface area contributed by atoms with Gasteiger partial charge in [-0.2, -0.15) is 0 Å². The van der Waals surface area contributed by atoms with Crippen LogP contribution in [-0.2, 0) is 16.1 Å². The Morgan fingerprint density at radius 3 is 2.55 bits per heavy atom. The molecule has 1 heterocycles. The minimum absolute atomic E-state index is 0.000507. The number of aromatic hydroxyl groups is 1. The quantitative estimate of drug-likeness (QED) is 0.845. The van der Waals surface area contributed by atoms with E-state index in [1.54, 1.807) is 0 Å². The van der Waals surface area contributed by atoms with E-state index in [4.69, 9.17) is 13.9 Å². The molecule has 22 heavy (non-hydrogen) atoms. The lowest BCUT2D eigenvalue weighted by Gasteiger charge is -2.06. The van der Waals surface area contributed by atoms with Crippen molar-refractivity contribution in [1.29, 1.82) is 0 Å². The Bertz CT molecular complexity index is 687. The first-order valence-corrected chi connectivity index (χ1v) is 6.26. The summed E-state index contributed by atoms with van der Waals surface area (Å²) in [5, 5.41) is 9.73. The summed E-state index contributed by atoms with van der Waals surface area (Å²) in [6.07, 6.45) is 0. The van der Waals surface area contributed by atoms with Crippen LogP contribution in [0.25, 0.3) is 0 Å². The fourth-order valence-corrected chi connectivity index (χ4v) is 1.69. The van der Waals surface area contributed by atoms with Crippen molar-refractivity contribution in [3.63, 3.8) is 0 Å². The van der Waals surface area contributed by atoms with E-state index < -0.39 is 11.9 Å². The van der Waals surface area contributed by atoms with Crippen LogP contribution in [0.15, 0.2) is 34.7 Å². The number of rotatable bonds is 5. The molecule has 0 aliphatic carbocycles. The average Bonchev–Trinajstić information content (AvgIpc) is 3.00. The van der Waals surface area contributed by atoms with Gasteiger partial charge in [0.25, 0.3) is 0 Å². The van der Waals surface area contributed by atoms with E-state index in [2.05, 4.69) is 4.74 Å². The van der Waals surface area contributed by atoms with Crippen LogP contribution in [0.5, 0.6) is 11.5 Å². The van der Waals surface area contributed by atoms with E-state index in [0.717, 1.165) is 0 Å². The molecule has 1 aromatic heterocycles. The van der Waals surface area contributed by atoms with E-state index in [1.165, 1.54) is 44.6 Å². The molecule has 2 rings (SSSR count). The van der Waals surface area contributed by atoms with E-state index in [9.17, 15) is 14.7 Å². The van der Waals surface area contributed by atoms with Crippen LogP contribution in [0.4, 0.5) is 0 Å². The van der Waals surface area contributed by atoms with Gasteiger partial charge in [-0.3, -0.25) is 0 Å². The second-order valence-corrected chi connectivity index (χ2v) is 4.22. The third-order valence-corrected chi connectivity index (χ3v) is 2.82. The van der Waals surface area contributed by atoms with Crippen molar-refractivity contribution in [2.24, 2.45) is 0 Å². The third kappa shape index (κ3) is 3.38. The Labute approximate surface area is 126 Å². The maximum Gasteiger partial charge on any atom is 0.373 e. The van der Waals surface area contributed by atoms with Crippen LogP contribution in [0.2, 0.25) is 0 Å². The van der Waals surface area contributed by atoms with Crippen LogP contribution in [-0.4, -0.2) is 31.3 Å². The lowest BCUT2D eigenvalue weighted by Crippen LogP contribution is -2.05. The van der Waals surface area contributed by atoms with Crippen molar-refractivity contribution in [1.82, 2.24) is 0 Å². The van der Waals surface area contributed by atoms with Gasteiger partial charge in [-0.05, 0) is 24.3 Å². The standard InChI is InChI=1S/C15H14O7/c1-19-9-3-5-11(12(16)7-9)14(17)21-8-10-4-6-13(22-10)15(18)20-2/h3-7,16H,8H2,1-2H3. The molecule has 1 aromatic carbocycles. The highest BCUT2D eigenvalue weighted by Crippen LogP contribution is 2.24. The molecule has 0 radical (unpaired) electrons. The van der Waals surface area contributed by atoms with Crippen molar-refractivity contribution in [2.45, 2.75) is 6.61 Å². The molecular weight excluding hydrogens is 292 g/mol. The Morgan fingerprint density at radius 2 is 1.91 bits per heavy atom. The number of phenolic OH excluding ortho intramolecular Hbond substituents is 1. The van der Waals surface area contributed by atoms with E-state index in [0.29, 0.717) is 5.75 Å². The molecule has 0 amide bonds. The maximum atomic E-state index is 11.9. The van der Waals surface area contributed by atoms with Gasteiger partial charge < -0.3 is 23.7 Å². The van der Waals surface area contributed by atoms with Crippen molar-refractivity contribution in [3.8, 4) is 11.5 Å². The molecule has 116 valence electrons. The van der Waals surface area contributed by atoms with Crippen molar-refractivity contribution in [3.05, 3.63) is 47.4 Å². The number of ether oxygens (including phenoxy) is 3. The van der Waals surface area contributed by atoms with Gasteiger partial charge in [0.15, 0.2) is 0 Å². The molecule has 2 aromatic rings. The largest absolute Gasteiger partial charge is 0.507 e. The third-order valence-electron chi connectivity index (χ3n) is 2.82. The molecule has 0 fully saturated rings. The predicted molar refractivity (Wildman–Crippen MR) is 73.8 cm³/mol. The zero-order valence-electron chi connectivity index (χ0n) is 12.0. The zero-order chi connectivity index (χ0) is 16.1. The van der Waals surface area contributed by atoms with Crippen LogP contribution in [0.3, 0.4) is 0 Å². The normalized spacial score (nSPS) is 10.1. The monoisotopic (exact) mass is 306 g/mol. The van der Waals surface area contributed by atoms with E-state index in [-0.39, 0.29) is 29.4 Å². The fraction of sp³-hybridized carbons (Fsp3) is 0.200. The van der Waals surface area contributed by atoms with Gasteiger partial charge in [0.1, 0.15) is 29.4 Å². The first-order chi connectivity index (χ1) is 10.5. The number of carbonyl (C=O) groups excluding carboxylic acids is 2. The highest BCUT2D eigenvalue weighted by molar-refractivity contribution is 5.92. The number of methoxy groups -OCH3 is 2. The molecule has 0 unspecified atom stereocenters. The summed E-state index contributed by atoms with van der Waals surface area (Å²) in [7, 11) is 2.68. The predicted octanol–water partition coefficient (Wildman–Crippen LogP) is 2.14. The molecular formula is C15H14O7. The Balaban J connectivity index is 2.01. The van der Waals surface area contributed by atoms with Crippen molar-refractivity contribution >= 4 is 11.9 Å². The number of hydrogen-bond acceptors (Lipinski definition) is 7. The van der Waals surface area contributed by atoms with Crippen LogP contribution < -0.4 is 4.74 Å². The zero-order valence-corrected chi connectivity index (χ0v) is 12.0. The highest BCUT2D eigenvalue weighted by atomic mass is 16.6. The number of benzene rings is 1. The molecule has 0 aliphatic rings. The Kier molecular flexibility index (Phi) is 4.67. The van der Waals surface area contributed by atoms with Crippen LogP contribution >= 0.6 is 0 Å². The molecule has 0 saturated carbocycles. The van der Waals surface area contributed by atoms with Crippen molar-refractivity contribution in [2.75, 3.05) is 14.2 Å². The lowest BCUT2D eigenvalue weighted by atomic mass is 10.2. The number of esters is 2. The summed E-state index contributed by atoms with van der Waals surface area (Å²) < 4.78 is 19.6.